The topological polar surface area (TPSA) is 157 Å². The Morgan fingerprint density at radius 2 is 1.40 bits per heavy atom. The summed E-state index contributed by atoms with van der Waals surface area (Å²) in [5.74, 6) is -0.832. The molecule has 3 aromatic rings. The molecular weight excluding hydrogens is 626 g/mol. The van der Waals surface area contributed by atoms with Crippen molar-refractivity contribution in [3.63, 3.8) is 0 Å². The Hall–Kier alpha value is -4.81. The quantitative estimate of drug-likeness (QED) is 0.0605. The third-order valence-corrected chi connectivity index (χ3v) is 6.30. The molecule has 1 aromatic heterocycles. The molecule has 262 valence electrons. The number of Topliss-reactive ketones (excluding diaryl/α,β-unsaturated/α-hetero) is 1. The second-order valence-corrected chi connectivity index (χ2v) is 13.6. The van der Waals surface area contributed by atoms with Crippen molar-refractivity contribution < 1.29 is 56.8 Å². The first-order valence-electron chi connectivity index (χ1n) is 15.7. The first kappa shape index (κ1) is 37.6. The number of benzene rings is 2. The fourth-order valence-corrected chi connectivity index (χ4v) is 4.31. The Morgan fingerprint density at radius 1 is 0.792 bits per heavy atom. The van der Waals surface area contributed by atoms with E-state index in [2.05, 4.69) is 0 Å². The van der Waals surface area contributed by atoms with Crippen LogP contribution in [0, 0.1) is 5.92 Å². The van der Waals surface area contributed by atoms with E-state index in [9.17, 15) is 24.0 Å². The van der Waals surface area contributed by atoms with Crippen LogP contribution in [0.4, 0.5) is 14.4 Å². The second-order valence-electron chi connectivity index (χ2n) is 13.6. The van der Waals surface area contributed by atoms with Crippen LogP contribution in [0.15, 0.2) is 34.7 Å². The van der Waals surface area contributed by atoms with E-state index >= 15 is 0 Å². The molecule has 0 spiro atoms. The molecule has 0 unspecified atom stereocenters. The summed E-state index contributed by atoms with van der Waals surface area (Å²) in [6.07, 6.45) is -1.98. The molecule has 0 fully saturated rings. The van der Waals surface area contributed by atoms with Gasteiger partial charge in [-0.3, -0.25) is 14.5 Å². The number of unbranched alkanes of at least 4 members (excludes halogenated alkanes) is 1. The summed E-state index contributed by atoms with van der Waals surface area (Å²) in [5, 5.41) is 0.942. The maximum Gasteiger partial charge on any atom is 0.514 e. The van der Waals surface area contributed by atoms with Gasteiger partial charge in [-0.2, -0.15) is 0 Å². The number of hydrogen-bond acceptors (Lipinski definition) is 12. The maximum atomic E-state index is 12.9. The van der Waals surface area contributed by atoms with E-state index < -0.39 is 41.4 Å². The van der Waals surface area contributed by atoms with Crippen LogP contribution in [0.3, 0.4) is 0 Å². The lowest BCUT2D eigenvalue weighted by atomic mass is 10.1. The van der Waals surface area contributed by atoms with Gasteiger partial charge in [-0.05, 0) is 66.4 Å². The minimum atomic E-state index is -1.03. The highest BCUT2D eigenvalue weighted by Gasteiger charge is 2.28. The van der Waals surface area contributed by atoms with Crippen molar-refractivity contribution in [1.82, 2.24) is 4.90 Å². The highest BCUT2D eigenvalue weighted by molar-refractivity contribution is 6.12. The molecule has 0 atom stereocenters. The van der Waals surface area contributed by atoms with Crippen molar-refractivity contribution in [2.75, 3.05) is 26.3 Å². The molecule has 2 aromatic carbocycles. The molecule has 1 heterocycles. The summed E-state index contributed by atoms with van der Waals surface area (Å²) >= 11 is 0. The van der Waals surface area contributed by atoms with E-state index in [0.717, 1.165) is 0 Å². The largest absolute Gasteiger partial charge is 0.514 e. The molecule has 48 heavy (non-hydrogen) atoms. The van der Waals surface area contributed by atoms with Crippen LogP contribution < -0.4 is 9.47 Å². The van der Waals surface area contributed by atoms with Crippen molar-refractivity contribution >= 4 is 51.9 Å². The van der Waals surface area contributed by atoms with Gasteiger partial charge in [0, 0.05) is 24.2 Å². The van der Waals surface area contributed by atoms with Crippen LogP contribution in [-0.2, 0) is 23.7 Å². The van der Waals surface area contributed by atoms with Crippen molar-refractivity contribution in [1.29, 1.82) is 0 Å². The highest BCUT2D eigenvalue weighted by atomic mass is 16.7. The summed E-state index contributed by atoms with van der Waals surface area (Å²) in [6.45, 7) is 15.4. The molecule has 0 bridgehead atoms. The smallest absolute Gasteiger partial charge is 0.464 e. The number of carbonyl (C=O) groups excluding carboxylic acids is 5. The van der Waals surface area contributed by atoms with Crippen LogP contribution >= 0.6 is 0 Å². The van der Waals surface area contributed by atoms with Crippen molar-refractivity contribution in [3.8, 4) is 11.5 Å². The molecule has 0 aliphatic heterocycles. The number of fused-ring (bicyclic) bond motifs is 2. The van der Waals surface area contributed by atoms with Crippen molar-refractivity contribution in [2.45, 2.75) is 86.4 Å². The molecule has 13 heteroatoms. The number of hydrogen-bond donors (Lipinski definition) is 0. The van der Waals surface area contributed by atoms with Crippen LogP contribution in [0.25, 0.3) is 21.7 Å². The van der Waals surface area contributed by atoms with Gasteiger partial charge >= 0.3 is 24.4 Å². The third-order valence-electron chi connectivity index (χ3n) is 6.30. The number of esters is 1. The van der Waals surface area contributed by atoms with Gasteiger partial charge in [0.1, 0.15) is 17.7 Å². The maximum absolute atomic E-state index is 12.9. The number of rotatable bonds is 12. The average Bonchev–Trinajstić information content (AvgIpc) is 3.41. The Balaban J connectivity index is 1.74. The number of amides is 1. The van der Waals surface area contributed by atoms with E-state index in [-0.39, 0.29) is 60.4 Å². The van der Waals surface area contributed by atoms with Crippen molar-refractivity contribution in [3.05, 3.63) is 36.1 Å². The van der Waals surface area contributed by atoms with E-state index in [1.807, 2.05) is 13.8 Å². The minimum absolute atomic E-state index is 0.00159. The van der Waals surface area contributed by atoms with Gasteiger partial charge < -0.3 is 32.8 Å². The zero-order valence-corrected chi connectivity index (χ0v) is 29.1. The monoisotopic (exact) mass is 671 g/mol. The number of nitrogens with zero attached hydrogens (tertiary/aromatic N) is 1. The van der Waals surface area contributed by atoms with E-state index in [4.69, 9.17) is 32.8 Å². The Bertz CT molecular complexity index is 1640. The first-order chi connectivity index (χ1) is 22.3. The Labute approximate surface area is 279 Å². The first-order valence-corrected chi connectivity index (χ1v) is 15.7. The van der Waals surface area contributed by atoms with Gasteiger partial charge in [-0.25, -0.2) is 14.4 Å². The third kappa shape index (κ3) is 11.2. The molecule has 0 N–H and O–H groups in total. The fourth-order valence-electron chi connectivity index (χ4n) is 4.31. The molecule has 1 amide bonds. The van der Waals surface area contributed by atoms with Crippen molar-refractivity contribution in [2.24, 2.45) is 5.92 Å². The summed E-state index contributed by atoms with van der Waals surface area (Å²) in [7, 11) is 0. The Kier molecular flexibility index (Phi) is 12.4. The van der Waals surface area contributed by atoms with E-state index in [0.29, 0.717) is 23.6 Å². The number of ether oxygens (including phenoxy) is 6. The van der Waals surface area contributed by atoms with E-state index in [1.54, 1.807) is 65.8 Å². The van der Waals surface area contributed by atoms with Crippen LogP contribution in [0.5, 0.6) is 11.5 Å². The standard InChI is InChI=1S/C35H45NO12/c1-21(2)20-43-27(38)19-36(31(39)47-34(4,5)6)16-12-13-17-42-32(40)45-28-23-14-10-11-15-24(23)29(46-33(41)48-35(7,8)9)30-25(28)18-26(44-30)22(3)37/h10-11,14-15,18,21H,12-13,16-17,19-20H2,1-9H3. The summed E-state index contributed by atoms with van der Waals surface area (Å²) < 4.78 is 38.3. The van der Waals surface area contributed by atoms with Gasteiger partial charge in [0.15, 0.2) is 28.6 Å². The molecule has 0 saturated carbocycles. The molecule has 13 nitrogen and oxygen atoms in total. The number of carbonyl (C=O) groups is 5. The van der Waals surface area contributed by atoms with E-state index in [1.165, 1.54) is 17.9 Å². The summed E-state index contributed by atoms with van der Waals surface area (Å²) in [5.41, 5.74) is -1.60. The minimum Gasteiger partial charge on any atom is -0.464 e. The van der Waals surface area contributed by atoms with Crippen LogP contribution in [-0.4, -0.2) is 72.6 Å². The summed E-state index contributed by atoms with van der Waals surface area (Å²) in [4.78, 5) is 64.1. The molecule has 0 radical (unpaired) electrons. The second kappa shape index (κ2) is 15.9. The lowest BCUT2D eigenvalue weighted by Gasteiger charge is -2.27. The predicted molar refractivity (Wildman–Crippen MR) is 175 cm³/mol. The van der Waals surface area contributed by atoms with Crippen LogP contribution in [0.1, 0.15) is 85.7 Å². The van der Waals surface area contributed by atoms with Gasteiger partial charge in [0.2, 0.25) is 0 Å². The zero-order chi connectivity index (χ0) is 35.8. The Morgan fingerprint density at radius 3 is 1.98 bits per heavy atom. The van der Waals surface area contributed by atoms with Gasteiger partial charge in [0.25, 0.3) is 0 Å². The molecule has 0 aliphatic rings. The number of ketones is 1. The SMILES string of the molecule is CC(=O)c1cc2c(OC(=O)OCCCCN(CC(=O)OCC(C)C)C(=O)OC(C)(C)C)c3ccccc3c(OC(=O)OC(C)(C)C)c2o1. The van der Waals surface area contributed by atoms with Gasteiger partial charge in [0.05, 0.1) is 18.6 Å². The lowest BCUT2D eigenvalue weighted by Crippen LogP contribution is -2.41. The molecule has 0 aliphatic carbocycles. The molecular formula is C35H45NO12. The molecule has 3 rings (SSSR count). The lowest BCUT2D eigenvalue weighted by molar-refractivity contribution is -0.146. The average molecular weight is 672 g/mol. The predicted octanol–water partition coefficient (Wildman–Crippen LogP) is 7.83. The fraction of sp³-hybridized carbons (Fsp3) is 0.514. The number of furan rings is 1. The van der Waals surface area contributed by atoms with Crippen LogP contribution in [0.2, 0.25) is 0 Å². The van der Waals surface area contributed by atoms with Gasteiger partial charge in [-0.1, -0.05) is 38.1 Å². The molecule has 0 saturated heterocycles. The van der Waals surface area contributed by atoms with Gasteiger partial charge in [-0.15, -0.1) is 0 Å². The normalized spacial score (nSPS) is 11.7. The zero-order valence-electron chi connectivity index (χ0n) is 29.1. The highest BCUT2D eigenvalue weighted by Crippen LogP contribution is 2.44. The summed E-state index contributed by atoms with van der Waals surface area (Å²) in [6, 6.07) is 8.07.